The van der Waals surface area contributed by atoms with E-state index in [9.17, 15) is 8.78 Å². The normalized spacial score (nSPS) is 10.1. The van der Waals surface area contributed by atoms with E-state index in [1.807, 2.05) is 6.07 Å². The van der Waals surface area contributed by atoms with E-state index in [0.717, 1.165) is 18.2 Å². The van der Waals surface area contributed by atoms with Crippen LogP contribution in [-0.4, -0.2) is 15.7 Å². The van der Waals surface area contributed by atoms with Gasteiger partial charge in [0.2, 0.25) is 5.95 Å². The first kappa shape index (κ1) is 16.2. The number of hydrogen-bond acceptors (Lipinski definition) is 5. The lowest BCUT2D eigenvalue weighted by molar-refractivity contribution is 0.598. The Bertz CT molecular complexity index is 978. The molecule has 0 spiro atoms. The van der Waals surface area contributed by atoms with Gasteiger partial charge < -0.3 is 5.32 Å². The molecule has 0 saturated carbocycles. The largest absolute Gasteiger partial charge is 0.324 e. The van der Waals surface area contributed by atoms with Gasteiger partial charge in [0.25, 0.3) is 0 Å². The summed E-state index contributed by atoms with van der Waals surface area (Å²) < 4.78 is 27.2. The third kappa shape index (κ3) is 3.64. The standard InChI is InChI=1S/C18H11F2N5/c19-12-3-6-15(20)14(9-12)17(22)16-7-8-23-18(25-16)24-13-4-1-11(10-21)2-5-13/h1-9,22H,(H,23,24,25). The zero-order valence-electron chi connectivity index (χ0n) is 12.8. The maximum Gasteiger partial charge on any atom is 0.227 e. The van der Waals surface area contributed by atoms with Gasteiger partial charge in [-0.25, -0.2) is 18.7 Å². The predicted molar refractivity (Wildman–Crippen MR) is 88.8 cm³/mol. The summed E-state index contributed by atoms with van der Waals surface area (Å²) in [6, 6.07) is 13.0. The van der Waals surface area contributed by atoms with E-state index in [1.165, 1.54) is 12.3 Å². The summed E-state index contributed by atoms with van der Waals surface area (Å²) in [5, 5.41) is 19.8. The minimum atomic E-state index is -0.702. The number of nitrogens with one attached hydrogen (secondary N) is 2. The van der Waals surface area contributed by atoms with Crippen molar-refractivity contribution in [1.29, 1.82) is 10.7 Å². The lowest BCUT2D eigenvalue weighted by Gasteiger charge is -2.08. The van der Waals surface area contributed by atoms with Crippen molar-refractivity contribution in [3.8, 4) is 6.07 Å². The fraction of sp³-hybridized carbons (Fsp3) is 0. The zero-order valence-corrected chi connectivity index (χ0v) is 12.8. The molecule has 2 aromatic carbocycles. The molecule has 0 aliphatic heterocycles. The smallest absolute Gasteiger partial charge is 0.227 e. The quantitative estimate of drug-likeness (QED) is 0.710. The van der Waals surface area contributed by atoms with E-state index < -0.39 is 11.6 Å². The molecule has 0 aliphatic rings. The fourth-order valence-electron chi connectivity index (χ4n) is 2.14. The highest BCUT2D eigenvalue weighted by Crippen LogP contribution is 2.17. The van der Waals surface area contributed by atoms with Gasteiger partial charge in [0.1, 0.15) is 11.6 Å². The molecule has 3 rings (SSSR count). The van der Waals surface area contributed by atoms with Gasteiger partial charge in [-0.3, -0.25) is 5.41 Å². The van der Waals surface area contributed by atoms with Gasteiger partial charge in [0, 0.05) is 17.4 Å². The Kier molecular flexibility index (Phi) is 4.44. The Hall–Kier alpha value is -3.66. The Balaban J connectivity index is 1.87. The first-order valence-electron chi connectivity index (χ1n) is 7.21. The molecule has 2 N–H and O–H groups in total. The van der Waals surface area contributed by atoms with E-state index >= 15 is 0 Å². The molecule has 0 atom stereocenters. The molecular formula is C18H11F2N5. The number of halogens is 2. The van der Waals surface area contributed by atoms with Crippen molar-refractivity contribution in [1.82, 2.24) is 9.97 Å². The van der Waals surface area contributed by atoms with Crippen molar-refractivity contribution in [2.24, 2.45) is 0 Å². The van der Waals surface area contributed by atoms with Crippen molar-refractivity contribution < 1.29 is 8.78 Å². The number of anilines is 2. The van der Waals surface area contributed by atoms with Crippen LogP contribution in [0.2, 0.25) is 0 Å². The number of nitrogens with zero attached hydrogens (tertiary/aromatic N) is 3. The van der Waals surface area contributed by atoms with E-state index in [-0.39, 0.29) is 22.9 Å². The second kappa shape index (κ2) is 6.84. The molecule has 0 aliphatic carbocycles. The SMILES string of the molecule is N#Cc1ccc(Nc2nccc(C(=N)c3cc(F)ccc3F)n2)cc1. The Morgan fingerprint density at radius 1 is 1.08 bits per heavy atom. The van der Waals surface area contributed by atoms with Crippen LogP contribution in [0.3, 0.4) is 0 Å². The molecule has 0 bridgehead atoms. The minimum Gasteiger partial charge on any atom is -0.324 e. The van der Waals surface area contributed by atoms with Crippen LogP contribution in [0.25, 0.3) is 0 Å². The molecule has 0 saturated heterocycles. The highest BCUT2D eigenvalue weighted by molar-refractivity contribution is 6.09. The van der Waals surface area contributed by atoms with E-state index in [1.54, 1.807) is 24.3 Å². The molecule has 25 heavy (non-hydrogen) atoms. The number of aromatic nitrogens is 2. The average molecular weight is 335 g/mol. The van der Waals surface area contributed by atoms with Crippen molar-refractivity contribution in [2.75, 3.05) is 5.32 Å². The summed E-state index contributed by atoms with van der Waals surface area (Å²) in [5.74, 6) is -1.14. The van der Waals surface area contributed by atoms with Crippen LogP contribution in [0, 0.1) is 28.4 Å². The number of rotatable bonds is 4. The molecule has 5 nitrogen and oxygen atoms in total. The van der Waals surface area contributed by atoms with Gasteiger partial charge in [-0.05, 0) is 48.5 Å². The summed E-state index contributed by atoms with van der Waals surface area (Å²) in [4.78, 5) is 8.20. The van der Waals surface area contributed by atoms with Gasteiger partial charge in [0.05, 0.1) is 23.0 Å². The second-order valence-corrected chi connectivity index (χ2v) is 5.08. The first-order chi connectivity index (χ1) is 12.1. The highest BCUT2D eigenvalue weighted by atomic mass is 19.1. The molecule has 3 aromatic rings. The first-order valence-corrected chi connectivity index (χ1v) is 7.21. The van der Waals surface area contributed by atoms with Crippen LogP contribution < -0.4 is 5.32 Å². The molecule has 1 aromatic heterocycles. The Labute approximate surface area is 142 Å². The monoisotopic (exact) mass is 335 g/mol. The van der Waals surface area contributed by atoms with Gasteiger partial charge in [-0.2, -0.15) is 5.26 Å². The van der Waals surface area contributed by atoms with Crippen LogP contribution in [0.15, 0.2) is 54.7 Å². The third-order valence-corrected chi connectivity index (χ3v) is 3.38. The van der Waals surface area contributed by atoms with Crippen LogP contribution in [0.5, 0.6) is 0 Å². The van der Waals surface area contributed by atoms with Gasteiger partial charge in [-0.15, -0.1) is 0 Å². The number of benzene rings is 2. The second-order valence-electron chi connectivity index (χ2n) is 5.08. The average Bonchev–Trinajstić information content (AvgIpc) is 2.64. The fourth-order valence-corrected chi connectivity index (χ4v) is 2.14. The van der Waals surface area contributed by atoms with Crippen molar-refractivity contribution in [3.05, 3.63) is 83.2 Å². The number of nitriles is 1. The predicted octanol–water partition coefficient (Wildman–Crippen LogP) is 3.79. The maximum absolute atomic E-state index is 13.8. The van der Waals surface area contributed by atoms with Crippen LogP contribution in [-0.2, 0) is 0 Å². The lowest BCUT2D eigenvalue weighted by atomic mass is 10.1. The molecule has 1 heterocycles. The van der Waals surface area contributed by atoms with Gasteiger partial charge in [-0.1, -0.05) is 0 Å². The Morgan fingerprint density at radius 3 is 2.56 bits per heavy atom. The zero-order chi connectivity index (χ0) is 17.8. The lowest BCUT2D eigenvalue weighted by Crippen LogP contribution is -2.09. The molecule has 0 radical (unpaired) electrons. The van der Waals surface area contributed by atoms with Crippen molar-refractivity contribution >= 4 is 17.3 Å². The number of hydrogen-bond donors (Lipinski definition) is 2. The van der Waals surface area contributed by atoms with Crippen LogP contribution in [0.1, 0.15) is 16.8 Å². The van der Waals surface area contributed by atoms with E-state index in [2.05, 4.69) is 15.3 Å². The molecule has 122 valence electrons. The van der Waals surface area contributed by atoms with Crippen molar-refractivity contribution in [3.63, 3.8) is 0 Å². The molecule has 7 heteroatoms. The molecule has 0 amide bonds. The van der Waals surface area contributed by atoms with Crippen LogP contribution in [0.4, 0.5) is 20.4 Å². The molecule has 0 unspecified atom stereocenters. The summed E-state index contributed by atoms with van der Waals surface area (Å²) >= 11 is 0. The third-order valence-electron chi connectivity index (χ3n) is 3.38. The molecule has 0 fully saturated rings. The van der Waals surface area contributed by atoms with Gasteiger partial charge in [0.15, 0.2) is 0 Å². The summed E-state index contributed by atoms with van der Waals surface area (Å²) in [7, 11) is 0. The van der Waals surface area contributed by atoms with E-state index in [0.29, 0.717) is 11.3 Å². The molecular weight excluding hydrogens is 324 g/mol. The highest BCUT2D eigenvalue weighted by Gasteiger charge is 2.13. The summed E-state index contributed by atoms with van der Waals surface area (Å²) in [6.45, 7) is 0. The van der Waals surface area contributed by atoms with Crippen molar-refractivity contribution in [2.45, 2.75) is 0 Å². The topological polar surface area (TPSA) is 85.5 Å². The maximum atomic E-state index is 13.8. The van der Waals surface area contributed by atoms with Gasteiger partial charge >= 0.3 is 0 Å². The summed E-state index contributed by atoms with van der Waals surface area (Å²) in [6.07, 6.45) is 1.42. The minimum absolute atomic E-state index is 0.149. The van der Waals surface area contributed by atoms with Crippen LogP contribution >= 0.6 is 0 Å². The van der Waals surface area contributed by atoms with E-state index in [4.69, 9.17) is 10.7 Å². The Morgan fingerprint density at radius 2 is 1.84 bits per heavy atom. The summed E-state index contributed by atoms with van der Waals surface area (Å²) in [5.41, 5.74) is 0.893.